The van der Waals surface area contributed by atoms with Gasteiger partial charge in [-0.05, 0) is 74.2 Å². The number of carbonyl (C=O) groups excluding carboxylic acids is 1. The van der Waals surface area contributed by atoms with Gasteiger partial charge in [-0.15, -0.1) is 0 Å². The summed E-state index contributed by atoms with van der Waals surface area (Å²) < 4.78 is 10.9. The molecule has 4 heteroatoms. The smallest absolute Gasteiger partial charge is 0.349 e. The van der Waals surface area contributed by atoms with Crippen molar-refractivity contribution in [2.24, 2.45) is 0 Å². The van der Waals surface area contributed by atoms with Gasteiger partial charge in [0, 0.05) is 12.2 Å². The summed E-state index contributed by atoms with van der Waals surface area (Å²) >= 11 is 0. The molecule has 4 nitrogen and oxygen atoms in total. The number of hydrogen-bond acceptors (Lipinski definition) is 4. The molecule has 0 aromatic heterocycles. The predicted octanol–water partition coefficient (Wildman–Crippen LogP) is 6.59. The minimum atomic E-state index is -1.03. The lowest BCUT2D eigenvalue weighted by molar-refractivity contribution is -0.158. The number of rotatable bonds is 9. The van der Waals surface area contributed by atoms with Crippen LogP contribution in [0.15, 0.2) is 84.9 Å². The molecule has 0 heterocycles. The van der Waals surface area contributed by atoms with E-state index < -0.39 is 5.60 Å². The highest BCUT2D eigenvalue weighted by molar-refractivity contribution is 5.79. The number of nitrogens with one attached hydrogen (secondary N) is 1. The monoisotopic (exact) mass is 429 g/mol. The van der Waals surface area contributed by atoms with Crippen LogP contribution in [0.4, 0.5) is 5.69 Å². The van der Waals surface area contributed by atoms with Gasteiger partial charge < -0.3 is 14.8 Å². The number of anilines is 1. The van der Waals surface area contributed by atoms with Crippen molar-refractivity contribution in [3.8, 4) is 16.9 Å². The molecule has 0 aliphatic rings. The highest BCUT2D eigenvalue weighted by Crippen LogP contribution is 2.23. The molecule has 0 saturated carbocycles. The molecule has 3 aromatic carbocycles. The zero-order valence-corrected chi connectivity index (χ0v) is 19.2. The Labute approximate surface area is 190 Å². The van der Waals surface area contributed by atoms with Crippen LogP contribution in [-0.2, 0) is 9.53 Å². The van der Waals surface area contributed by atoms with Crippen molar-refractivity contribution in [3.05, 3.63) is 90.5 Å². The van der Waals surface area contributed by atoms with E-state index in [1.165, 1.54) is 22.3 Å². The Balaban J connectivity index is 1.54. The Morgan fingerprint density at radius 2 is 1.53 bits per heavy atom. The van der Waals surface area contributed by atoms with Gasteiger partial charge in [0.15, 0.2) is 5.60 Å². The topological polar surface area (TPSA) is 47.6 Å². The number of esters is 1. The first-order chi connectivity index (χ1) is 15.4. The zero-order chi connectivity index (χ0) is 23.0. The predicted molar refractivity (Wildman–Crippen MR) is 132 cm³/mol. The van der Waals surface area contributed by atoms with Gasteiger partial charge in [0.2, 0.25) is 0 Å². The summed E-state index contributed by atoms with van der Waals surface area (Å²) in [6, 6.07) is 26.6. The van der Waals surface area contributed by atoms with Gasteiger partial charge in [-0.1, -0.05) is 60.7 Å². The standard InChI is InChI=1S/C28H31NO3/c1-5-31-27(30)28(3,4)32-26-17-15-25(16-18-26)29-20-19-21(2)22-11-13-24(14-12-22)23-9-7-6-8-10-23/h6-19,29H,5,20H2,1-4H3/b21-19+. The zero-order valence-electron chi connectivity index (χ0n) is 19.2. The number of ether oxygens (including phenoxy) is 2. The van der Waals surface area contributed by atoms with E-state index in [0.29, 0.717) is 18.9 Å². The summed E-state index contributed by atoms with van der Waals surface area (Å²) in [5.41, 5.74) is 4.81. The van der Waals surface area contributed by atoms with Crippen molar-refractivity contribution in [2.75, 3.05) is 18.5 Å². The molecule has 0 radical (unpaired) electrons. The maximum atomic E-state index is 12.0. The maximum Gasteiger partial charge on any atom is 0.349 e. The van der Waals surface area contributed by atoms with Crippen molar-refractivity contribution in [1.82, 2.24) is 0 Å². The Morgan fingerprint density at radius 3 is 2.16 bits per heavy atom. The second-order valence-electron chi connectivity index (χ2n) is 8.07. The molecular weight excluding hydrogens is 398 g/mol. The number of benzene rings is 3. The molecule has 0 spiro atoms. The van der Waals surface area contributed by atoms with E-state index in [2.05, 4.69) is 66.8 Å². The quantitative estimate of drug-likeness (QED) is 0.390. The lowest BCUT2D eigenvalue weighted by Crippen LogP contribution is -2.39. The van der Waals surface area contributed by atoms with E-state index >= 15 is 0 Å². The maximum absolute atomic E-state index is 12.0. The number of allylic oxidation sites excluding steroid dienone is 1. The lowest BCUT2D eigenvalue weighted by Gasteiger charge is -2.24. The van der Waals surface area contributed by atoms with Gasteiger partial charge in [0.05, 0.1) is 6.61 Å². The number of hydrogen-bond donors (Lipinski definition) is 1. The van der Waals surface area contributed by atoms with Crippen molar-refractivity contribution in [2.45, 2.75) is 33.3 Å². The highest BCUT2D eigenvalue weighted by Gasteiger charge is 2.31. The van der Waals surface area contributed by atoms with Gasteiger partial charge in [-0.3, -0.25) is 0 Å². The minimum absolute atomic E-state index is 0.332. The van der Waals surface area contributed by atoms with Crippen LogP contribution >= 0.6 is 0 Å². The van der Waals surface area contributed by atoms with Crippen LogP contribution < -0.4 is 10.1 Å². The summed E-state index contributed by atoms with van der Waals surface area (Å²) in [6.45, 7) is 8.35. The van der Waals surface area contributed by atoms with Crippen LogP contribution in [0.2, 0.25) is 0 Å². The third kappa shape index (κ3) is 6.24. The molecule has 0 atom stereocenters. The minimum Gasteiger partial charge on any atom is -0.476 e. The molecule has 0 amide bonds. The van der Waals surface area contributed by atoms with Gasteiger partial charge in [-0.2, -0.15) is 0 Å². The van der Waals surface area contributed by atoms with E-state index in [-0.39, 0.29) is 5.97 Å². The summed E-state index contributed by atoms with van der Waals surface area (Å²) in [5.74, 6) is 0.249. The molecule has 0 fully saturated rings. The third-order valence-corrected chi connectivity index (χ3v) is 5.16. The summed E-state index contributed by atoms with van der Waals surface area (Å²) in [5, 5.41) is 3.39. The van der Waals surface area contributed by atoms with Crippen LogP contribution in [0, 0.1) is 0 Å². The first kappa shape index (κ1) is 23.1. The van der Waals surface area contributed by atoms with Crippen LogP contribution in [-0.4, -0.2) is 24.7 Å². The van der Waals surface area contributed by atoms with Crippen molar-refractivity contribution < 1.29 is 14.3 Å². The lowest BCUT2D eigenvalue weighted by atomic mass is 10.0. The SMILES string of the molecule is CCOC(=O)C(C)(C)Oc1ccc(NC/C=C(\C)c2ccc(-c3ccccc3)cc2)cc1. The summed E-state index contributed by atoms with van der Waals surface area (Å²) in [6.07, 6.45) is 2.17. The van der Waals surface area contributed by atoms with Crippen LogP contribution in [0.1, 0.15) is 33.3 Å². The molecule has 3 rings (SSSR count). The van der Waals surface area contributed by atoms with Crippen molar-refractivity contribution in [3.63, 3.8) is 0 Å². The number of carbonyl (C=O) groups is 1. The first-order valence-corrected chi connectivity index (χ1v) is 10.9. The normalized spacial score (nSPS) is 11.7. The fourth-order valence-electron chi connectivity index (χ4n) is 3.28. The Morgan fingerprint density at radius 1 is 0.906 bits per heavy atom. The largest absolute Gasteiger partial charge is 0.476 e. The molecule has 32 heavy (non-hydrogen) atoms. The summed E-state index contributed by atoms with van der Waals surface area (Å²) in [4.78, 5) is 12.0. The third-order valence-electron chi connectivity index (χ3n) is 5.16. The second kappa shape index (κ2) is 10.7. The molecule has 0 aliphatic carbocycles. The van der Waals surface area contributed by atoms with Crippen molar-refractivity contribution >= 4 is 17.2 Å². The Kier molecular flexibility index (Phi) is 7.72. The van der Waals surface area contributed by atoms with Gasteiger partial charge in [0.1, 0.15) is 5.75 Å². The average Bonchev–Trinajstić information content (AvgIpc) is 2.81. The van der Waals surface area contributed by atoms with E-state index in [0.717, 1.165) is 5.69 Å². The van der Waals surface area contributed by atoms with Crippen molar-refractivity contribution in [1.29, 1.82) is 0 Å². The van der Waals surface area contributed by atoms with E-state index in [4.69, 9.17) is 9.47 Å². The molecule has 0 saturated heterocycles. The molecule has 166 valence electrons. The van der Waals surface area contributed by atoms with Crippen LogP contribution in [0.5, 0.6) is 5.75 Å². The van der Waals surface area contributed by atoms with Gasteiger partial charge >= 0.3 is 5.97 Å². The summed E-state index contributed by atoms with van der Waals surface area (Å²) in [7, 11) is 0. The van der Waals surface area contributed by atoms with E-state index in [1.807, 2.05) is 30.3 Å². The molecule has 1 N–H and O–H groups in total. The average molecular weight is 430 g/mol. The molecule has 0 bridgehead atoms. The van der Waals surface area contributed by atoms with E-state index in [9.17, 15) is 4.79 Å². The van der Waals surface area contributed by atoms with Gasteiger partial charge in [-0.25, -0.2) is 4.79 Å². The van der Waals surface area contributed by atoms with E-state index in [1.54, 1.807) is 20.8 Å². The Bertz CT molecular complexity index is 1040. The molecule has 3 aromatic rings. The second-order valence-corrected chi connectivity index (χ2v) is 8.07. The molecular formula is C28H31NO3. The fraction of sp³-hybridized carbons (Fsp3) is 0.250. The molecule has 0 aliphatic heterocycles. The van der Waals surface area contributed by atoms with Crippen LogP contribution in [0.3, 0.4) is 0 Å². The Hall–Kier alpha value is -3.53. The van der Waals surface area contributed by atoms with Gasteiger partial charge in [0.25, 0.3) is 0 Å². The van der Waals surface area contributed by atoms with Crippen LogP contribution in [0.25, 0.3) is 16.7 Å². The first-order valence-electron chi connectivity index (χ1n) is 10.9. The fourth-order valence-corrected chi connectivity index (χ4v) is 3.28. The molecule has 0 unspecified atom stereocenters. The highest BCUT2D eigenvalue weighted by atomic mass is 16.6.